The van der Waals surface area contributed by atoms with Gasteiger partial charge in [0.15, 0.2) is 0 Å². The van der Waals surface area contributed by atoms with Crippen LogP contribution in [0.25, 0.3) is 0 Å². The fraction of sp³-hybridized carbons (Fsp3) is 0.542. The van der Waals surface area contributed by atoms with Gasteiger partial charge in [0.05, 0.1) is 24.7 Å². The number of pyridine rings is 1. The van der Waals surface area contributed by atoms with Crippen molar-refractivity contribution >= 4 is 17.3 Å². The summed E-state index contributed by atoms with van der Waals surface area (Å²) in [5.41, 5.74) is 2.23. The van der Waals surface area contributed by atoms with Crippen molar-refractivity contribution in [2.75, 3.05) is 37.7 Å². The van der Waals surface area contributed by atoms with Gasteiger partial charge in [0.2, 0.25) is 0 Å². The molecule has 5 nitrogen and oxygen atoms in total. The minimum Gasteiger partial charge on any atom is -0.490 e. The highest BCUT2D eigenvalue weighted by molar-refractivity contribution is 6.31. The Labute approximate surface area is 184 Å². The van der Waals surface area contributed by atoms with Crippen LogP contribution in [0.1, 0.15) is 37.7 Å². The van der Waals surface area contributed by atoms with E-state index in [9.17, 15) is 0 Å². The molecule has 2 aromatic rings. The molecule has 162 valence electrons. The first-order valence-corrected chi connectivity index (χ1v) is 11.5. The van der Waals surface area contributed by atoms with Crippen LogP contribution in [0.15, 0.2) is 42.7 Å². The van der Waals surface area contributed by atoms with E-state index in [-0.39, 0.29) is 0 Å². The van der Waals surface area contributed by atoms with Crippen LogP contribution in [-0.4, -0.2) is 43.9 Å². The van der Waals surface area contributed by atoms with Crippen LogP contribution in [0.3, 0.4) is 0 Å². The van der Waals surface area contributed by atoms with E-state index in [1.807, 2.05) is 36.7 Å². The molecule has 6 heteroatoms. The molecule has 30 heavy (non-hydrogen) atoms. The molecule has 4 rings (SSSR count). The zero-order chi connectivity index (χ0) is 20.6. The van der Waals surface area contributed by atoms with Crippen molar-refractivity contribution < 1.29 is 9.47 Å². The van der Waals surface area contributed by atoms with Crippen LogP contribution in [0.2, 0.25) is 5.02 Å². The van der Waals surface area contributed by atoms with E-state index >= 15 is 0 Å². The molecule has 0 aliphatic carbocycles. The maximum absolute atomic E-state index is 6.19. The van der Waals surface area contributed by atoms with Crippen molar-refractivity contribution in [3.63, 3.8) is 0 Å². The van der Waals surface area contributed by atoms with Gasteiger partial charge in [-0.1, -0.05) is 29.8 Å². The van der Waals surface area contributed by atoms with Crippen LogP contribution >= 0.6 is 11.6 Å². The third-order valence-corrected chi connectivity index (χ3v) is 6.55. The molecule has 1 aromatic carbocycles. The summed E-state index contributed by atoms with van der Waals surface area (Å²) in [4.78, 5) is 6.83. The molecule has 0 amide bonds. The molecule has 0 unspecified atom stereocenters. The van der Waals surface area contributed by atoms with Crippen LogP contribution < -0.4 is 15.0 Å². The van der Waals surface area contributed by atoms with Gasteiger partial charge < -0.3 is 19.7 Å². The number of ether oxygens (including phenoxy) is 2. The first-order chi connectivity index (χ1) is 14.8. The SMILES string of the molecule is Clc1ccccc1COCCC1CCN(c2cncc(OC[C@@H]3CCCN3)c2)CC1. The zero-order valence-electron chi connectivity index (χ0n) is 17.6. The van der Waals surface area contributed by atoms with Crippen LogP contribution in [0.4, 0.5) is 5.69 Å². The lowest BCUT2D eigenvalue weighted by atomic mass is 9.94. The molecule has 2 fully saturated rings. The summed E-state index contributed by atoms with van der Waals surface area (Å²) in [7, 11) is 0. The second-order valence-electron chi connectivity index (χ2n) is 8.35. The van der Waals surface area contributed by atoms with E-state index in [0.29, 0.717) is 18.6 Å². The predicted molar refractivity (Wildman–Crippen MR) is 121 cm³/mol. The second kappa shape index (κ2) is 11.0. The molecule has 2 aliphatic rings. The lowest BCUT2D eigenvalue weighted by Crippen LogP contribution is -2.34. The van der Waals surface area contributed by atoms with Crippen LogP contribution in [0.5, 0.6) is 5.75 Å². The third-order valence-electron chi connectivity index (χ3n) is 6.18. The molecule has 0 bridgehead atoms. The summed E-state index contributed by atoms with van der Waals surface area (Å²) >= 11 is 6.19. The molecule has 1 atom stereocenters. The Morgan fingerprint density at radius 3 is 2.80 bits per heavy atom. The quantitative estimate of drug-likeness (QED) is 0.586. The molecular formula is C24H32ClN3O2. The maximum Gasteiger partial charge on any atom is 0.139 e. The van der Waals surface area contributed by atoms with Gasteiger partial charge in [-0.15, -0.1) is 0 Å². The standard InChI is InChI=1S/C24H32ClN3O2/c25-24-6-2-1-4-20(24)17-29-13-9-19-7-11-28(12-8-19)22-14-23(16-26-15-22)30-18-21-5-3-10-27-21/h1-2,4,6,14-16,19,21,27H,3,5,7-13,17-18H2/t21-/m0/s1. The summed E-state index contributed by atoms with van der Waals surface area (Å²) in [5, 5.41) is 4.25. The zero-order valence-corrected chi connectivity index (χ0v) is 18.3. The van der Waals surface area contributed by atoms with Gasteiger partial charge in [-0.3, -0.25) is 4.98 Å². The fourth-order valence-electron chi connectivity index (χ4n) is 4.28. The molecule has 2 aliphatic heterocycles. The molecule has 0 saturated carbocycles. The molecule has 1 aromatic heterocycles. The van der Waals surface area contributed by atoms with Crippen molar-refractivity contribution in [2.45, 2.75) is 44.8 Å². The number of piperidine rings is 1. The average Bonchev–Trinajstić information content (AvgIpc) is 3.31. The third kappa shape index (κ3) is 6.10. The summed E-state index contributed by atoms with van der Waals surface area (Å²) in [6, 6.07) is 10.5. The highest BCUT2D eigenvalue weighted by Gasteiger charge is 2.20. The van der Waals surface area contributed by atoms with Gasteiger partial charge in [0.25, 0.3) is 0 Å². The summed E-state index contributed by atoms with van der Waals surface area (Å²) in [5.74, 6) is 1.59. The summed E-state index contributed by atoms with van der Waals surface area (Å²) in [6.07, 6.45) is 9.69. The smallest absolute Gasteiger partial charge is 0.139 e. The van der Waals surface area contributed by atoms with Crippen molar-refractivity contribution in [2.24, 2.45) is 5.92 Å². The number of halogens is 1. The summed E-state index contributed by atoms with van der Waals surface area (Å²) in [6.45, 7) is 5.33. The van der Waals surface area contributed by atoms with Crippen LogP contribution in [0, 0.1) is 5.92 Å². The fourth-order valence-corrected chi connectivity index (χ4v) is 4.47. The molecule has 1 N–H and O–H groups in total. The summed E-state index contributed by atoms with van der Waals surface area (Å²) < 4.78 is 11.8. The Bertz CT molecular complexity index is 790. The molecule has 0 radical (unpaired) electrons. The molecule has 0 spiro atoms. The molecular weight excluding hydrogens is 398 g/mol. The van der Waals surface area contributed by atoms with E-state index in [1.54, 1.807) is 0 Å². The van der Waals surface area contributed by atoms with E-state index < -0.39 is 0 Å². The Morgan fingerprint density at radius 2 is 2.00 bits per heavy atom. The van der Waals surface area contributed by atoms with Crippen molar-refractivity contribution in [1.82, 2.24) is 10.3 Å². The van der Waals surface area contributed by atoms with Gasteiger partial charge >= 0.3 is 0 Å². The van der Waals surface area contributed by atoms with Crippen molar-refractivity contribution in [3.05, 3.63) is 53.3 Å². The number of benzene rings is 1. The minimum atomic E-state index is 0.476. The lowest BCUT2D eigenvalue weighted by Gasteiger charge is -2.33. The Hall–Kier alpha value is -1.82. The largest absolute Gasteiger partial charge is 0.490 e. The van der Waals surface area contributed by atoms with Gasteiger partial charge in [0, 0.05) is 36.8 Å². The van der Waals surface area contributed by atoms with Gasteiger partial charge in [-0.25, -0.2) is 0 Å². The number of hydrogen-bond donors (Lipinski definition) is 1. The average molecular weight is 430 g/mol. The Kier molecular flexibility index (Phi) is 7.84. The van der Waals surface area contributed by atoms with E-state index in [2.05, 4.69) is 21.3 Å². The van der Waals surface area contributed by atoms with Crippen LogP contribution in [-0.2, 0) is 11.3 Å². The first-order valence-electron chi connectivity index (χ1n) is 11.2. The minimum absolute atomic E-state index is 0.476. The van der Waals surface area contributed by atoms with E-state index in [4.69, 9.17) is 21.1 Å². The molecule has 3 heterocycles. The first kappa shape index (κ1) is 21.4. The number of rotatable bonds is 9. The second-order valence-corrected chi connectivity index (χ2v) is 8.75. The van der Waals surface area contributed by atoms with Gasteiger partial charge in [0.1, 0.15) is 12.4 Å². The highest BCUT2D eigenvalue weighted by Crippen LogP contribution is 2.27. The number of hydrogen-bond acceptors (Lipinski definition) is 5. The van der Waals surface area contributed by atoms with Gasteiger partial charge in [-0.2, -0.15) is 0 Å². The van der Waals surface area contributed by atoms with Crippen molar-refractivity contribution in [3.8, 4) is 5.75 Å². The number of nitrogens with zero attached hydrogens (tertiary/aromatic N) is 2. The highest BCUT2D eigenvalue weighted by atomic mass is 35.5. The van der Waals surface area contributed by atoms with E-state index in [0.717, 1.165) is 55.6 Å². The van der Waals surface area contributed by atoms with E-state index in [1.165, 1.54) is 31.4 Å². The Balaban J connectivity index is 1.17. The number of anilines is 1. The number of aromatic nitrogens is 1. The lowest BCUT2D eigenvalue weighted by molar-refractivity contribution is 0.104. The normalized spacial score (nSPS) is 19.9. The predicted octanol–water partition coefficient (Wildman–Crippen LogP) is 4.69. The monoisotopic (exact) mass is 429 g/mol. The molecule has 2 saturated heterocycles. The van der Waals surface area contributed by atoms with Crippen molar-refractivity contribution in [1.29, 1.82) is 0 Å². The Morgan fingerprint density at radius 1 is 1.13 bits per heavy atom. The maximum atomic E-state index is 6.19. The van der Waals surface area contributed by atoms with Gasteiger partial charge in [-0.05, 0) is 56.2 Å². The number of nitrogens with one attached hydrogen (secondary N) is 1. The topological polar surface area (TPSA) is 46.6 Å².